The summed E-state index contributed by atoms with van der Waals surface area (Å²) in [6, 6.07) is -0.00877. The van der Waals surface area contributed by atoms with Gasteiger partial charge in [-0.25, -0.2) is 0 Å². The summed E-state index contributed by atoms with van der Waals surface area (Å²) in [4.78, 5) is 11.7. The SMILES string of the molecule is CCCCCNCC(=O)C(C)NCCCCC. The largest absolute Gasteiger partial charge is 0.310 e. The first-order valence-corrected chi connectivity index (χ1v) is 7.19. The molecule has 0 heterocycles. The van der Waals surface area contributed by atoms with E-state index in [1.165, 1.54) is 32.1 Å². The number of hydrogen-bond acceptors (Lipinski definition) is 3. The lowest BCUT2D eigenvalue weighted by Gasteiger charge is -2.13. The van der Waals surface area contributed by atoms with Gasteiger partial charge in [-0.1, -0.05) is 39.5 Å². The first-order chi connectivity index (χ1) is 8.22. The van der Waals surface area contributed by atoms with Crippen molar-refractivity contribution in [2.45, 2.75) is 65.3 Å². The van der Waals surface area contributed by atoms with Crippen molar-refractivity contribution in [2.75, 3.05) is 19.6 Å². The molecule has 0 aromatic rings. The Kier molecular flexibility index (Phi) is 11.8. The van der Waals surface area contributed by atoms with Crippen LogP contribution in [0.2, 0.25) is 0 Å². The van der Waals surface area contributed by atoms with Crippen LogP contribution in [0.5, 0.6) is 0 Å². The molecule has 0 aliphatic carbocycles. The van der Waals surface area contributed by atoms with Crippen molar-refractivity contribution < 1.29 is 4.79 Å². The van der Waals surface area contributed by atoms with Gasteiger partial charge in [0.25, 0.3) is 0 Å². The van der Waals surface area contributed by atoms with E-state index in [1.54, 1.807) is 0 Å². The Morgan fingerprint density at radius 3 is 2.18 bits per heavy atom. The summed E-state index contributed by atoms with van der Waals surface area (Å²) >= 11 is 0. The fourth-order valence-electron chi connectivity index (χ4n) is 1.67. The second-order valence-corrected chi connectivity index (χ2v) is 4.73. The third-order valence-corrected chi connectivity index (χ3v) is 2.97. The first-order valence-electron chi connectivity index (χ1n) is 7.19. The Hall–Kier alpha value is -0.410. The molecule has 0 spiro atoms. The number of carbonyl (C=O) groups is 1. The van der Waals surface area contributed by atoms with Crippen LogP contribution >= 0.6 is 0 Å². The molecule has 0 rings (SSSR count). The molecule has 0 fully saturated rings. The molecular weight excluding hydrogens is 212 g/mol. The standard InChI is InChI=1S/C14H30N2O/c1-4-6-8-10-15-12-14(17)13(3)16-11-9-7-5-2/h13,15-16H,4-12H2,1-3H3. The zero-order valence-electron chi connectivity index (χ0n) is 11.8. The summed E-state index contributed by atoms with van der Waals surface area (Å²) in [7, 11) is 0. The van der Waals surface area contributed by atoms with E-state index in [2.05, 4.69) is 24.5 Å². The predicted molar refractivity (Wildman–Crippen MR) is 74.4 cm³/mol. The van der Waals surface area contributed by atoms with Gasteiger partial charge in [0, 0.05) is 0 Å². The van der Waals surface area contributed by atoms with Crippen LogP contribution in [0.1, 0.15) is 59.3 Å². The summed E-state index contributed by atoms with van der Waals surface area (Å²) in [5.74, 6) is 0.276. The molecule has 0 aliphatic heterocycles. The molecule has 0 aromatic carbocycles. The maximum absolute atomic E-state index is 11.7. The molecule has 2 N–H and O–H groups in total. The Bertz CT molecular complexity index is 183. The van der Waals surface area contributed by atoms with Gasteiger partial charge in [-0.15, -0.1) is 0 Å². The first kappa shape index (κ1) is 16.6. The molecule has 3 heteroatoms. The average Bonchev–Trinajstić information content (AvgIpc) is 2.34. The van der Waals surface area contributed by atoms with Gasteiger partial charge in [0.15, 0.2) is 5.78 Å². The van der Waals surface area contributed by atoms with Crippen molar-refractivity contribution >= 4 is 5.78 Å². The second kappa shape index (κ2) is 12.1. The highest BCUT2D eigenvalue weighted by molar-refractivity contribution is 5.85. The van der Waals surface area contributed by atoms with Gasteiger partial charge in [-0.05, 0) is 32.9 Å². The Labute approximate surface area is 107 Å². The van der Waals surface area contributed by atoms with E-state index < -0.39 is 0 Å². The smallest absolute Gasteiger partial charge is 0.163 e. The van der Waals surface area contributed by atoms with E-state index in [1.807, 2.05) is 6.92 Å². The van der Waals surface area contributed by atoms with Crippen molar-refractivity contribution in [1.29, 1.82) is 0 Å². The van der Waals surface area contributed by atoms with Crippen LogP contribution in [0.4, 0.5) is 0 Å². The molecule has 0 bridgehead atoms. The van der Waals surface area contributed by atoms with Gasteiger partial charge in [0.05, 0.1) is 12.6 Å². The van der Waals surface area contributed by atoms with Gasteiger partial charge in [-0.2, -0.15) is 0 Å². The summed E-state index contributed by atoms with van der Waals surface area (Å²) in [5.41, 5.74) is 0. The molecule has 1 atom stereocenters. The monoisotopic (exact) mass is 242 g/mol. The zero-order chi connectivity index (χ0) is 12.9. The maximum atomic E-state index is 11.7. The quantitative estimate of drug-likeness (QED) is 0.517. The normalized spacial score (nSPS) is 12.6. The van der Waals surface area contributed by atoms with Gasteiger partial charge in [-0.3, -0.25) is 4.79 Å². The number of hydrogen-bond donors (Lipinski definition) is 2. The van der Waals surface area contributed by atoms with E-state index >= 15 is 0 Å². The van der Waals surface area contributed by atoms with Crippen LogP contribution in [0, 0.1) is 0 Å². The molecular formula is C14H30N2O. The van der Waals surface area contributed by atoms with Crippen LogP contribution in [0.3, 0.4) is 0 Å². The Morgan fingerprint density at radius 2 is 1.59 bits per heavy atom. The van der Waals surface area contributed by atoms with Gasteiger partial charge < -0.3 is 10.6 Å². The van der Waals surface area contributed by atoms with Crippen LogP contribution < -0.4 is 10.6 Å². The fraction of sp³-hybridized carbons (Fsp3) is 0.929. The lowest BCUT2D eigenvalue weighted by Crippen LogP contribution is -2.40. The summed E-state index contributed by atoms with van der Waals surface area (Å²) < 4.78 is 0. The summed E-state index contributed by atoms with van der Waals surface area (Å²) in [6.45, 7) is 8.76. The third-order valence-electron chi connectivity index (χ3n) is 2.97. The predicted octanol–water partition coefficient (Wildman–Crippen LogP) is 2.50. The highest BCUT2D eigenvalue weighted by atomic mass is 16.1. The van der Waals surface area contributed by atoms with Crippen LogP contribution in [0.15, 0.2) is 0 Å². The van der Waals surface area contributed by atoms with Gasteiger partial charge in [0.2, 0.25) is 0 Å². The van der Waals surface area contributed by atoms with Crippen LogP contribution in [0.25, 0.3) is 0 Å². The van der Waals surface area contributed by atoms with Crippen molar-refractivity contribution in [3.8, 4) is 0 Å². The average molecular weight is 242 g/mol. The fourth-order valence-corrected chi connectivity index (χ4v) is 1.67. The molecule has 3 nitrogen and oxygen atoms in total. The van der Waals surface area contributed by atoms with E-state index in [0.717, 1.165) is 19.5 Å². The molecule has 1 unspecified atom stereocenters. The van der Waals surface area contributed by atoms with Crippen molar-refractivity contribution in [1.82, 2.24) is 10.6 Å². The van der Waals surface area contributed by atoms with E-state index in [-0.39, 0.29) is 11.8 Å². The molecule has 102 valence electrons. The maximum Gasteiger partial charge on any atom is 0.163 e. The van der Waals surface area contributed by atoms with E-state index in [9.17, 15) is 4.79 Å². The van der Waals surface area contributed by atoms with E-state index in [0.29, 0.717) is 6.54 Å². The van der Waals surface area contributed by atoms with Crippen LogP contribution in [-0.2, 0) is 4.79 Å². The highest BCUT2D eigenvalue weighted by Crippen LogP contribution is 1.94. The van der Waals surface area contributed by atoms with Gasteiger partial charge in [0.1, 0.15) is 0 Å². The molecule has 0 radical (unpaired) electrons. The van der Waals surface area contributed by atoms with Gasteiger partial charge >= 0.3 is 0 Å². The number of ketones is 1. The van der Waals surface area contributed by atoms with Crippen LogP contribution in [-0.4, -0.2) is 31.5 Å². The lowest BCUT2D eigenvalue weighted by atomic mass is 10.2. The number of carbonyl (C=O) groups excluding carboxylic acids is 1. The summed E-state index contributed by atoms with van der Waals surface area (Å²) in [5, 5.41) is 6.49. The highest BCUT2D eigenvalue weighted by Gasteiger charge is 2.10. The minimum absolute atomic E-state index is 0.00877. The molecule has 0 amide bonds. The lowest BCUT2D eigenvalue weighted by molar-refractivity contribution is -0.119. The molecule has 0 saturated heterocycles. The molecule has 17 heavy (non-hydrogen) atoms. The Balaban J connectivity index is 3.40. The van der Waals surface area contributed by atoms with Crippen molar-refractivity contribution in [3.63, 3.8) is 0 Å². The number of nitrogens with one attached hydrogen (secondary N) is 2. The molecule has 0 saturated carbocycles. The Morgan fingerprint density at radius 1 is 1.00 bits per heavy atom. The number of Topliss-reactive ketones (excluding diaryl/α,β-unsaturated/α-hetero) is 1. The second-order valence-electron chi connectivity index (χ2n) is 4.73. The van der Waals surface area contributed by atoms with Crippen molar-refractivity contribution in [2.24, 2.45) is 0 Å². The minimum atomic E-state index is -0.00877. The zero-order valence-corrected chi connectivity index (χ0v) is 11.8. The van der Waals surface area contributed by atoms with E-state index in [4.69, 9.17) is 0 Å². The molecule has 0 aliphatic rings. The third kappa shape index (κ3) is 10.5. The molecule has 0 aromatic heterocycles. The number of rotatable bonds is 12. The topological polar surface area (TPSA) is 41.1 Å². The van der Waals surface area contributed by atoms with Crippen molar-refractivity contribution in [3.05, 3.63) is 0 Å². The minimum Gasteiger partial charge on any atom is -0.310 e. The number of unbranched alkanes of at least 4 members (excludes halogenated alkanes) is 4. The summed E-state index contributed by atoms with van der Waals surface area (Å²) in [6.07, 6.45) is 7.27.